The lowest BCUT2D eigenvalue weighted by Gasteiger charge is -2.37. The number of amides is 3. The van der Waals surface area contributed by atoms with Gasteiger partial charge in [-0.25, -0.2) is 0 Å². The number of aryl methyl sites for hydroxylation is 1. The summed E-state index contributed by atoms with van der Waals surface area (Å²) < 4.78 is 5.43. The Morgan fingerprint density at radius 3 is 2.26 bits per heavy atom. The summed E-state index contributed by atoms with van der Waals surface area (Å²) >= 11 is 0. The highest BCUT2D eigenvalue weighted by atomic mass is 16.5. The first kappa shape index (κ1) is 32.4. The van der Waals surface area contributed by atoms with Crippen molar-refractivity contribution in [1.29, 1.82) is 0 Å². The minimum absolute atomic E-state index is 0.0275. The largest absolute Gasteiger partial charge is 0.378 e. The number of rotatable bonds is 7. The Bertz CT molecular complexity index is 1430. The fourth-order valence-corrected chi connectivity index (χ4v) is 7.49. The quantitative estimate of drug-likeness (QED) is 0.476. The van der Waals surface area contributed by atoms with Crippen molar-refractivity contribution in [2.24, 2.45) is 16.8 Å². The average Bonchev–Trinajstić information content (AvgIpc) is 3.42. The first-order valence-corrected chi connectivity index (χ1v) is 17.2. The van der Waals surface area contributed by atoms with Gasteiger partial charge in [-0.3, -0.25) is 19.3 Å². The highest BCUT2D eigenvalue weighted by Crippen LogP contribution is 2.38. The van der Waals surface area contributed by atoms with E-state index in [1.165, 1.54) is 11.1 Å². The number of carbonyl (C=O) groups excluding carboxylic acids is 3. The first-order valence-electron chi connectivity index (χ1n) is 17.2. The van der Waals surface area contributed by atoms with Crippen LogP contribution >= 0.6 is 0 Å². The van der Waals surface area contributed by atoms with Crippen LogP contribution in [0.5, 0.6) is 0 Å². The molecule has 46 heavy (non-hydrogen) atoms. The summed E-state index contributed by atoms with van der Waals surface area (Å²) in [5, 5.41) is 3.09. The molecule has 3 amide bonds. The fourth-order valence-electron chi connectivity index (χ4n) is 7.49. The van der Waals surface area contributed by atoms with Crippen LogP contribution in [0.25, 0.3) is 0 Å². The van der Waals surface area contributed by atoms with Gasteiger partial charge >= 0.3 is 0 Å². The third-order valence-electron chi connectivity index (χ3n) is 10.1. The van der Waals surface area contributed by atoms with E-state index < -0.39 is 0 Å². The number of hydrogen-bond donors (Lipinski definition) is 1. The van der Waals surface area contributed by atoms with Gasteiger partial charge in [0.05, 0.1) is 13.2 Å². The Kier molecular flexibility index (Phi) is 10.2. The number of ether oxygens (including phenoxy) is 1. The van der Waals surface area contributed by atoms with Crippen LogP contribution in [0.3, 0.4) is 0 Å². The molecule has 0 aromatic heterocycles. The van der Waals surface area contributed by atoms with E-state index in [0.717, 1.165) is 75.2 Å². The summed E-state index contributed by atoms with van der Waals surface area (Å²) in [4.78, 5) is 50.6. The van der Waals surface area contributed by atoms with Crippen LogP contribution in [0.2, 0.25) is 0 Å². The monoisotopic (exact) mass is 627 g/mol. The summed E-state index contributed by atoms with van der Waals surface area (Å²) in [6.45, 7) is 11.4. The molecule has 3 aliphatic heterocycles. The standard InChI is InChI=1S/C37H49N5O4/c1-25(2)38-35(43)29-10-12-32(13-11-29)42-33-22-27(24-40-16-14-30(15-17-40)37(45)41-18-20-46-21-19-41)6-9-31(33)23-34(42)39-36(44)28-7-4-26(3)5-8-28/h4-9,22,25,29-30,32H,10-21,23-24H2,1-3H3,(H,38,43). The van der Waals surface area contributed by atoms with Crippen LogP contribution in [0.15, 0.2) is 47.5 Å². The number of nitrogens with zero attached hydrogens (tertiary/aromatic N) is 4. The highest BCUT2D eigenvalue weighted by molar-refractivity contribution is 6.12. The van der Waals surface area contributed by atoms with Crippen LogP contribution < -0.4 is 10.2 Å². The van der Waals surface area contributed by atoms with Gasteiger partial charge in [0, 0.05) is 61.2 Å². The molecule has 1 N–H and O–H groups in total. The van der Waals surface area contributed by atoms with Gasteiger partial charge in [-0.05, 0) is 102 Å². The summed E-state index contributed by atoms with van der Waals surface area (Å²) in [5.74, 6) is 1.16. The Balaban J connectivity index is 1.16. The molecule has 0 radical (unpaired) electrons. The first-order chi connectivity index (χ1) is 22.2. The van der Waals surface area contributed by atoms with Gasteiger partial charge in [-0.15, -0.1) is 0 Å². The van der Waals surface area contributed by atoms with Crippen molar-refractivity contribution in [3.05, 3.63) is 64.7 Å². The zero-order valence-corrected chi connectivity index (χ0v) is 27.7. The average molecular weight is 628 g/mol. The Morgan fingerprint density at radius 1 is 0.891 bits per heavy atom. The number of aliphatic imine (C=N–C) groups is 1. The molecular weight excluding hydrogens is 578 g/mol. The summed E-state index contributed by atoms with van der Waals surface area (Å²) in [5.41, 5.74) is 5.27. The maximum absolute atomic E-state index is 13.3. The lowest BCUT2D eigenvalue weighted by atomic mass is 9.84. The molecule has 9 heteroatoms. The number of amidine groups is 1. The number of morpholine rings is 1. The van der Waals surface area contributed by atoms with Gasteiger partial charge in [0.1, 0.15) is 5.84 Å². The molecule has 0 atom stereocenters. The lowest BCUT2D eigenvalue weighted by Crippen LogP contribution is -2.46. The molecule has 0 spiro atoms. The van der Waals surface area contributed by atoms with Crippen molar-refractivity contribution in [3.8, 4) is 0 Å². The zero-order chi connectivity index (χ0) is 32.2. The topological polar surface area (TPSA) is 94.6 Å². The summed E-state index contributed by atoms with van der Waals surface area (Å²) in [6, 6.07) is 14.6. The Hall–Kier alpha value is -3.56. The van der Waals surface area contributed by atoms with E-state index in [-0.39, 0.29) is 35.7 Å². The van der Waals surface area contributed by atoms with Crippen LogP contribution in [-0.2, 0) is 27.3 Å². The van der Waals surface area contributed by atoms with Gasteiger partial charge in [-0.2, -0.15) is 4.99 Å². The third kappa shape index (κ3) is 7.52. The molecule has 2 aromatic rings. The second-order valence-electron chi connectivity index (χ2n) is 13.9. The highest BCUT2D eigenvalue weighted by Gasteiger charge is 2.37. The van der Waals surface area contributed by atoms with Crippen molar-refractivity contribution in [2.75, 3.05) is 44.3 Å². The van der Waals surface area contributed by atoms with Crippen molar-refractivity contribution in [3.63, 3.8) is 0 Å². The van der Waals surface area contributed by atoms with Crippen molar-refractivity contribution >= 4 is 29.2 Å². The molecule has 1 saturated carbocycles. The van der Waals surface area contributed by atoms with Gasteiger partial charge in [0.25, 0.3) is 5.91 Å². The molecule has 9 nitrogen and oxygen atoms in total. The van der Waals surface area contributed by atoms with Crippen LogP contribution in [0.1, 0.15) is 79.4 Å². The number of nitrogens with one attached hydrogen (secondary N) is 1. The third-order valence-corrected chi connectivity index (χ3v) is 10.1. The zero-order valence-electron chi connectivity index (χ0n) is 27.7. The minimum Gasteiger partial charge on any atom is -0.378 e. The molecule has 3 heterocycles. The number of benzene rings is 2. The van der Waals surface area contributed by atoms with E-state index >= 15 is 0 Å². The summed E-state index contributed by atoms with van der Waals surface area (Å²) in [7, 11) is 0. The number of fused-ring (bicyclic) bond motifs is 1. The SMILES string of the molecule is Cc1ccc(C(=O)N=C2Cc3ccc(CN4CCC(C(=O)N5CCOCC5)CC4)cc3N2C2CCC(C(=O)NC(C)C)CC2)cc1. The van der Waals surface area contributed by atoms with E-state index in [9.17, 15) is 14.4 Å². The van der Waals surface area contributed by atoms with E-state index in [0.29, 0.717) is 44.2 Å². The van der Waals surface area contributed by atoms with Crippen LogP contribution in [0.4, 0.5) is 5.69 Å². The molecule has 0 unspecified atom stereocenters. The van der Waals surface area contributed by atoms with Crippen LogP contribution in [-0.4, -0.2) is 84.8 Å². The molecule has 3 fully saturated rings. The van der Waals surface area contributed by atoms with Gasteiger partial charge < -0.3 is 19.9 Å². The number of piperidine rings is 1. The molecule has 1 aliphatic carbocycles. The molecule has 0 bridgehead atoms. The number of anilines is 1. The van der Waals surface area contributed by atoms with Crippen molar-refractivity contribution < 1.29 is 19.1 Å². The van der Waals surface area contributed by atoms with E-state index in [4.69, 9.17) is 9.73 Å². The lowest BCUT2D eigenvalue weighted by molar-refractivity contribution is -0.141. The molecule has 2 aromatic carbocycles. The van der Waals surface area contributed by atoms with Gasteiger partial charge in [-0.1, -0.05) is 29.8 Å². The number of likely N-dealkylation sites (tertiary alicyclic amines) is 1. The number of hydrogen-bond acceptors (Lipinski definition) is 5. The van der Waals surface area contributed by atoms with Crippen LogP contribution in [0, 0.1) is 18.8 Å². The normalized spacial score (nSPS) is 23.5. The second-order valence-corrected chi connectivity index (χ2v) is 13.9. The smallest absolute Gasteiger partial charge is 0.278 e. The maximum atomic E-state index is 13.3. The van der Waals surface area contributed by atoms with E-state index in [1.54, 1.807) is 0 Å². The molecule has 2 saturated heterocycles. The van der Waals surface area contributed by atoms with Crippen molar-refractivity contribution in [1.82, 2.24) is 15.1 Å². The fraction of sp³-hybridized carbons (Fsp3) is 0.568. The molecule has 4 aliphatic rings. The van der Waals surface area contributed by atoms with E-state index in [2.05, 4.69) is 33.3 Å². The van der Waals surface area contributed by atoms with E-state index in [1.807, 2.05) is 49.9 Å². The Morgan fingerprint density at radius 2 is 1.59 bits per heavy atom. The predicted molar refractivity (Wildman–Crippen MR) is 180 cm³/mol. The molecular formula is C37H49N5O4. The minimum atomic E-state index is -0.215. The summed E-state index contributed by atoms with van der Waals surface area (Å²) in [6.07, 6.45) is 5.80. The number of carbonyl (C=O) groups is 3. The second kappa shape index (κ2) is 14.5. The maximum Gasteiger partial charge on any atom is 0.278 e. The molecule has 6 rings (SSSR count). The predicted octanol–water partition coefficient (Wildman–Crippen LogP) is 4.75. The van der Waals surface area contributed by atoms with Crippen molar-refractivity contribution in [2.45, 2.75) is 84.3 Å². The Labute approximate surface area is 273 Å². The van der Waals surface area contributed by atoms with Gasteiger partial charge in [0.2, 0.25) is 11.8 Å². The van der Waals surface area contributed by atoms with Gasteiger partial charge in [0.15, 0.2) is 0 Å². The molecule has 246 valence electrons.